The van der Waals surface area contributed by atoms with Crippen molar-refractivity contribution < 1.29 is 23.1 Å². The van der Waals surface area contributed by atoms with Gasteiger partial charge in [-0.1, -0.05) is 24.3 Å². The average Bonchev–Trinajstić information content (AvgIpc) is 3.30. The van der Waals surface area contributed by atoms with Gasteiger partial charge in [0.2, 0.25) is 5.95 Å². The number of amides is 1. The number of aromatic nitrogens is 4. The van der Waals surface area contributed by atoms with Gasteiger partial charge in [0.1, 0.15) is 11.4 Å². The normalized spacial score (nSPS) is 11.8. The molecule has 2 heterocycles. The first kappa shape index (κ1) is 26.6. The maximum atomic E-state index is 13.7. The van der Waals surface area contributed by atoms with Crippen LogP contribution in [0.2, 0.25) is 0 Å². The van der Waals surface area contributed by atoms with Crippen LogP contribution < -0.4 is 16.0 Å². The molecule has 0 aliphatic carbocycles. The lowest BCUT2D eigenvalue weighted by Gasteiger charge is -2.16. The van der Waals surface area contributed by atoms with Crippen LogP contribution in [0.25, 0.3) is 11.1 Å². The summed E-state index contributed by atoms with van der Waals surface area (Å²) >= 11 is 0. The third-order valence-electron chi connectivity index (χ3n) is 5.40. The van der Waals surface area contributed by atoms with Crippen LogP contribution in [0.5, 0.6) is 0 Å². The van der Waals surface area contributed by atoms with Gasteiger partial charge in [-0.05, 0) is 43.7 Å². The summed E-state index contributed by atoms with van der Waals surface area (Å²) in [5, 5.41) is 22.2. The zero-order chi connectivity index (χ0) is 27.5. The summed E-state index contributed by atoms with van der Waals surface area (Å²) in [6.45, 7) is 3.72. The lowest BCUT2D eigenvalue weighted by Crippen LogP contribution is -2.26. The van der Waals surface area contributed by atoms with E-state index in [1.165, 1.54) is 19.2 Å². The fraction of sp³-hybridized carbons (Fsp3) is 0.231. The number of hydrogen-bond donors (Lipinski definition) is 4. The van der Waals surface area contributed by atoms with Gasteiger partial charge < -0.3 is 21.1 Å². The average molecular weight is 526 g/mol. The molecule has 0 aliphatic heterocycles. The van der Waals surface area contributed by atoms with E-state index in [0.29, 0.717) is 18.4 Å². The number of alkyl halides is 3. The van der Waals surface area contributed by atoms with Crippen LogP contribution >= 0.6 is 0 Å². The molecule has 0 radical (unpaired) electrons. The van der Waals surface area contributed by atoms with Gasteiger partial charge in [-0.3, -0.25) is 9.48 Å². The molecular formula is C26H26F3N7O2. The van der Waals surface area contributed by atoms with Crippen molar-refractivity contribution in [2.75, 3.05) is 17.7 Å². The van der Waals surface area contributed by atoms with Crippen molar-refractivity contribution in [2.45, 2.75) is 32.2 Å². The fourth-order valence-electron chi connectivity index (χ4n) is 3.67. The highest BCUT2D eigenvalue weighted by Gasteiger charge is 2.35. The van der Waals surface area contributed by atoms with Crippen LogP contribution in [-0.2, 0) is 12.7 Å². The molecule has 38 heavy (non-hydrogen) atoms. The van der Waals surface area contributed by atoms with Gasteiger partial charge in [0.05, 0.1) is 29.6 Å². The number of rotatable bonds is 8. The van der Waals surface area contributed by atoms with Gasteiger partial charge >= 0.3 is 6.18 Å². The van der Waals surface area contributed by atoms with Crippen molar-refractivity contribution in [3.05, 3.63) is 78.2 Å². The summed E-state index contributed by atoms with van der Waals surface area (Å²) in [7, 11) is 1.43. The third-order valence-corrected chi connectivity index (χ3v) is 5.40. The van der Waals surface area contributed by atoms with Crippen molar-refractivity contribution >= 4 is 29.0 Å². The molecule has 1 amide bonds. The van der Waals surface area contributed by atoms with Gasteiger partial charge in [0.15, 0.2) is 0 Å². The van der Waals surface area contributed by atoms with Crippen molar-refractivity contribution in [2.24, 2.45) is 0 Å². The summed E-state index contributed by atoms with van der Waals surface area (Å²) in [5.41, 5.74) is 0.597. The highest BCUT2D eigenvalue weighted by molar-refractivity contribution is 6.00. The molecule has 0 atom stereocenters. The summed E-state index contributed by atoms with van der Waals surface area (Å²) in [6.07, 6.45) is -0.540. The lowest BCUT2D eigenvalue weighted by molar-refractivity contribution is -0.137. The van der Waals surface area contributed by atoms with Gasteiger partial charge in [-0.2, -0.15) is 23.3 Å². The maximum Gasteiger partial charge on any atom is 0.421 e. The molecule has 2 aromatic carbocycles. The monoisotopic (exact) mass is 525 g/mol. The predicted molar refractivity (Wildman–Crippen MR) is 137 cm³/mol. The SMILES string of the molecule is CNC(=O)c1ccccc1Nc1nc(Nc2ccc(-c3cnn(CC(C)(C)O)c3)cc2)ncc1C(F)(F)F. The van der Waals surface area contributed by atoms with E-state index in [4.69, 9.17) is 0 Å². The molecule has 0 saturated carbocycles. The molecule has 9 nitrogen and oxygen atoms in total. The van der Waals surface area contributed by atoms with Crippen molar-refractivity contribution in [1.82, 2.24) is 25.1 Å². The Hall–Kier alpha value is -4.45. The van der Waals surface area contributed by atoms with Crippen LogP contribution in [0, 0.1) is 0 Å². The van der Waals surface area contributed by atoms with Crippen LogP contribution in [0.15, 0.2) is 67.1 Å². The first-order valence-electron chi connectivity index (χ1n) is 11.6. The zero-order valence-corrected chi connectivity index (χ0v) is 20.8. The van der Waals surface area contributed by atoms with Gasteiger partial charge in [0, 0.05) is 30.7 Å². The summed E-state index contributed by atoms with van der Waals surface area (Å²) in [5.74, 6) is -1.02. The fourth-order valence-corrected chi connectivity index (χ4v) is 3.67. The van der Waals surface area contributed by atoms with E-state index in [1.54, 1.807) is 49.0 Å². The summed E-state index contributed by atoms with van der Waals surface area (Å²) < 4.78 is 42.7. The lowest BCUT2D eigenvalue weighted by atomic mass is 10.1. The number of carbonyl (C=O) groups excluding carboxylic acids is 1. The second-order valence-electron chi connectivity index (χ2n) is 9.14. The van der Waals surface area contributed by atoms with Crippen molar-refractivity contribution in [3.63, 3.8) is 0 Å². The van der Waals surface area contributed by atoms with Crippen LogP contribution in [0.1, 0.15) is 29.8 Å². The number of aliphatic hydroxyl groups is 1. The maximum absolute atomic E-state index is 13.7. The number of halogens is 3. The molecule has 0 saturated heterocycles. The number of carbonyl (C=O) groups is 1. The second-order valence-corrected chi connectivity index (χ2v) is 9.14. The minimum Gasteiger partial charge on any atom is -0.389 e. The van der Waals surface area contributed by atoms with E-state index in [2.05, 4.69) is 31.0 Å². The van der Waals surface area contributed by atoms with Crippen LogP contribution in [0.3, 0.4) is 0 Å². The molecule has 0 fully saturated rings. The Morgan fingerprint density at radius 2 is 1.71 bits per heavy atom. The Labute approximate surface area is 216 Å². The number of benzene rings is 2. The minimum atomic E-state index is -4.72. The van der Waals surface area contributed by atoms with Gasteiger partial charge in [-0.15, -0.1) is 0 Å². The molecule has 12 heteroatoms. The first-order chi connectivity index (χ1) is 17.9. The van der Waals surface area contributed by atoms with Crippen LogP contribution in [0.4, 0.5) is 36.3 Å². The molecule has 0 bridgehead atoms. The quantitative estimate of drug-likeness (QED) is 0.256. The van der Waals surface area contributed by atoms with Gasteiger partial charge in [0.25, 0.3) is 5.91 Å². The van der Waals surface area contributed by atoms with Crippen molar-refractivity contribution in [3.8, 4) is 11.1 Å². The molecule has 2 aromatic heterocycles. The molecule has 0 aliphatic rings. The molecule has 0 spiro atoms. The molecule has 198 valence electrons. The molecule has 0 unspecified atom stereocenters. The van der Waals surface area contributed by atoms with E-state index in [9.17, 15) is 23.1 Å². The number of hydrogen-bond acceptors (Lipinski definition) is 7. The number of para-hydroxylation sites is 1. The van der Waals surface area contributed by atoms with E-state index >= 15 is 0 Å². The Kier molecular flexibility index (Phi) is 7.35. The predicted octanol–water partition coefficient (Wildman–Crippen LogP) is 4.98. The highest BCUT2D eigenvalue weighted by Crippen LogP contribution is 2.36. The number of nitrogens with zero attached hydrogens (tertiary/aromatic N) is 4. The van der Waals surface area contributed by atoms with E-state index < -0.39 is 29.1 Å². The summed E-state index contributed by atoms with van der Waals surface area (Å²) in [6, 6.07) is 13.3. The standard InChI is InChI=1S/C26H26F3N7O2/c1-25(2,38)15-36-14-17(12-32-36)16-8-10-18(11-9-16)33-24-31-13-20(26(27,28)29)22(35-24)34-21-7-5-4-6-19(21)23(37)30-3/h4-14,38H,15H2,1-3H3,(H,30,37)(H2,31,33,34,35). The van der Waals surface area contributed by atoms with Crippen LogP contribution in [-0.4, -0.2) is 43.4 Å². The molecule has 4 aromatic rings. The number of nitrogens with one attached hydrogen (secondary N) is 3. The van der Waals surface area contributed by atoms with Gasteiger partial charge in [-0.25, -0.2) is 4.98 Å². The zero-order valence-electron chi connectivity index (χ0n) is 20.8. The Morgan fingerprint density at radius 3 is 2.37 bits per heavy atom. The largest absolute Gasteiger partial charge is 0.421 e. The van der Waals surface area contributed by atoms with E-state index in [-0.39, 0.29) is 17.2 Å². The first-order valence-corrected chi connectivity index (χ1v) is 11.6. The molecule has 4 rings (SSSR count). The number of anilines is 4. The summed E-state index contributed by atoms with van der Waals surface area (Å²) in [4.78, 5) is 20.1. The van der Waals surface area contributed by atoms with E-state index in [1.807, 2.05) is 18.3 Å². The molecule has 4 N–H and O–H groups in total. The van der Waals surface area contributed by atoms with Crippen molar-refractivity contribution in [1.29, 1.82) is 0 Å². The smallest absolute Gasteiger partial charge is 0.389 e. The Balaban J connectivity index is 1.57. The topological polar surface area (TPSA) is 117 Å². The Bertz CT molecular complexity index is 1430. The Morgan fingerprint density at radius 1 is 1.00 bits per heavy atom. The minimum absolute atomic E-state index is 0.0660. The second kappa shape index (κ2) is 10.5. The van der Waals surface area contributed by atoms with E-state index in [0.717, 1.165) is 11.1 Å². The highest BCUT2D eigenvalue weighted by atomic mass is 19.4. The third kappa shape index (κ3) is 6.45. The molecular weight excluding hydrogens is 499 g/mol.